The second-order valence-electron chi connectivity index (χ2n) is 1.49. The molecule has 0 amide bonds. The van der Waals surface area contributed by atoms with Gasteiger partial charge in [0, 0.05) is 7.11 Å². The number of ether oxygens (including phenoxy) is 1. The van der Waals surface area contributed by atoms with Crippen LogP contribution < -0.4 is 0 Å². The molecule has 0 saturated heterocycles. The van der Waals surface area contributed by atoms with Crippen LogP contribution >= 0.6 is 0 Å². The topological polar surface area (TPSA) is 26.3 Å². The predicted octanol–water partition coefficient (Wildman–Crippen LogP) is 0.610. The van der Waals surface area contributed by atoms with Crippen molar-refractivity contribution in [2.75, 3.05) is 7.11 Å². The minimum Gasteiger partial charge on any atom is -0.374 e. The molecule has 0 aliphatic rings. The number of methoxy groups -OCH3 is 1. The fraction of sp³-hybridized carbons (Fsp3) is 0.800. The van der Waals surface area contributed by atoms with Gasteiger partial charge in [-0.3, -0.25) is 4.79 Å². The maximum Gasteiger partial charge on any atom is 0.158 e. The molecule has 0 N–H and O–H groups in total. The number of hydrogen-bond donors (Lipinski definition) is 0. The molecule has 2 heteroatoms. The van der Waals surface area contributed by atoms with Crippen LogP contribution in [0.1, 0.15) is 13.8 Å². The van der Waals surface area contributed by atoms with Gasteiger partial charge in [0.1, 0.15) is 6.10 Å². The Bertz CT molecular complexity index is 68.5. The minimum absolute atomic E-state index is 0.0718. The first kappa shape index (κ1) is 6.63. The Labute approximate surface area is 43.5 Å². The van der Waals surface area contributed by atoms with E-state index in [1.165, 1.54) is 14.0 Å². The number of Topliss-reactive ketones (excluding diaryl/α,β-unsaturated/α-hetero) is 1. The van der Waals surface area contributed by atoms with Crippen molar-refractivity contribution in [2.45, 2.75) is 20.0 Å². The van der Waals surface area contributed by atoms with Crippen LogP contribution in [-0.4, -0.2) is 19.0 Å². The first-order valence-corrected chi connectivity index (χ1v) is 2.21. The van der Waals surface area contributed by atoms with Crippen molar-refractivity contribution in [1.29, 1.82) is 0 Å². The highest BCUT2D eigenvalue weighted by Crippen LogP contribution is 1.85. The zero-order valence-electron chi connectivity index (χ0n) is 4.89. The van der Waals surface area contributed by atoms with E-state index in [4.69, 9.17) is 0 Å². The Morgan fingerprint density at radius 1 is 1.71 bits per heavy atom. The van der Waals surface area contributed by atoms with E-state index in [2.05, 4.69) is 4.74 Å². The van der Waals surface area contributed by atoms with Gasteiger partial charge in [-0.1, -0.05) is 0 Å². The second kappa shape index (κ2) is 2.75. The van der Waals surface area contributed by atoms with Gasteiger partial charge in [0.05, 0.1) is 0 Å². The molecule has 0 fully saturated rings. The van der Waals surface area contributed by atoms with Crippen molar-refractivity contribution in [3.63, 3.8) is 0 Å². The number of ketones is 1. The van der Waals surface area contributed by atoms with Crippen molar-refractivity contribution < 1.29 is 9.53 Å². The summed E-state index contributed by atoms with van der Waals surface area (Å²) in [5.41, 5.74) is 0. The molecule has 0 bridgehead atoms. The molecule has 1 atom stereocenters. The van der Waals surface area contributed by atoms with Gasteiger partial charge in [0.2, 0.25) is 0 Å². The van der Waals surface area contributed by atoms with Crippen LogP contribution in [0.4, 0.5) is 0 Å². The molecular weight excluding hydrogens is 92.1 g/mol. The third-order valence-corrected chi connectivity index (χ3v) is 0.926. The molecule has 0 aromatic rings. The average Bonchev–Trinajstić information content (AvgIpc) is 1.65. The Morgan fingerprint density at radius 2 is 2.14 bits per heavy atom. The van der Waals surface area contributed by atoms with Gasteiger partial charge in [0.25, 0.3) is 0 Å². The number of hydrogen-bond acceptors (Lipinski definition) is 2. The quantitative estimate of drug-likeness (QED) is 0.510. The molecule has 0 radical (unpaired) electrons. The fourth-order valence-electron chi connectivity index (χ4n) is 0.166. The number of rotatable bonds is 2. The number of carbonyl (C=O) groups excluding carboxylic acids is 1. The highest BCUT2D eigenvalue weighted by molar-refractivity contribution is 5.79. The molecule has 0 rings (SSSR count). The number of carbonyl (C=O) groups is 1. The first-order valence-electron chi connectivity index (χ1n) is 2.21. The van der Waals surface area contributed by atoms with E-state index in [0.717, 1.165) is 0 Å². The van der Waals surface area contributed by atoms with Gasteiger partial charge in [-0.2, -0.15) is 0 Å². The van der Waals surface area contributed by atoms with Crippen LogP contribution in [0.3, 0.4) is 0 Å². The summed E-state index contributed by atoms with van der Waals surface area (Å²) in [5.74, 6) is 0.0718. The summed E-state index contributed by atoms with van der Waals surface area (Å²) in [6, 6.07) is 0. The van der Waals surface area contributed by atoms with Gasteiger partial charge in [-0.25, -0.2) is 0 Å². The maximum atomic E-state index is 10.2. The lowest BCUT2D eigenvalue weighted by atomic mass is 10.3. The Kier molecular flexibility index (Phi) is 2.60. The van der Waals surface area contributed by atoms with Crippen LogP contribution in [0.2, 0.25) is 0 Å². The van der Waals surface area contributed by atoms with E-state index < -0.39 is 0 Å². The SMILES string of the molecule is COC(C)C(C)=O. The normalized spacial score (nSPS) is 13.6. The molecule has 42 valence electrons. The zero-order valence-corrected chi connectivity index (χ0v) is 4.89. The Morgan fingerprint density at radius 3 is 2.14 bits per heavy atom. The van der Waals surface area contributed by atoms with E-state index >= 15 is 0 Å². The van der Waals surface area contributed by atoms with Crippen LogP contribution in [0.5, 0.6) is 0 Å². The van der Waals surface area contributed by atoms with Crippen LogP contribution in [0.15, 0.2) is 0 Å². The first-order chi connectivity index (χ1) is 3.18. The summed E-state index contributed by atoms with van der Waals surface area (Å²) < 4.78 is 4.66. The van der Waals surface area contributed by atoms with Crippen molar-refractivity contribution in [3.8, 4) is 0 Å². The molecular formula is C5H10O2. The van der Waals surface area contributed by atoms with Gasteiger partial charge < -0.3 is 4.74 Å². The largest absolute Gasteiger partial charge is 0.374 e. The molecule has 0 aliphatic heterocycles. The molecule has 0 spiro atoms. The second-order valence-corrected chi connectivity index (χ2v) is 1.49. The standard InChI is InChI=1S/C5H10O2/c1-4(6)5(2)7-3/h5H,1-3H3. The molecule has 0 saturated carbocycles. The van der Waals surface area contributed by atoms with E-state index in [0.29, 0.717) is 0 Å². The lowest BCUT2D eigenvalue weighted by Gasteiger charge is -2.00. The summed E-state index contributed by atoms with van der Waals surface area (Å²) >= 11 is 0. The highest BCUT2D eigenvalue weighted by atomic mass is 16.5. The van der Waals surface area contributed by atoms with Crippen molar-refractivity contribution in [1.82, 2.24) is 0 Å². The summed E-state index contributed by atoms with van der Waals surface area (Å²) in [4.78, 5) is 10.2. The Balaban J connectivity index is 3.34. The summed E-state index contributed by atoms with van der Waals surface area (Å²) in [7, 11) is 1.52. The molecule has 0 aromatic carbocycles. The molecule has 2 nitrogen and oxygen atoms in total. The third kappa shape index (κ3) is 2.34. The lowest BCUT2D eigenvalue weighted by Crippen LogP contribution is -2.14. The lowest BCUT2D eigenvalue weighted by molar-refractivity contribution is -0.125. The molecule has 0 aliphatic carbocycles. The van der Waals surface area contributed by atoms with Crippen molar-refractivity contribution in [3.05, 3.63) is 0 Å². The molecule has 7 heavy (non-hydrogen) atoms. The predicted molar refractivity (Wildman–Crippen MR) is 27.2 cm³/mol. The van der Waals surface area contributed by atoms with Crippen molar-refractivity contribution >= 4 is 5.78 Å². The molecule has 1 unspecified atom stereocenters. The summed E-state index contributed by atoms with van der Waals surface area (Å²) in [5, 5.41) is 0. The summed E-state index contributed by atoms with van der Waals surface area (Å²) in [6.45, 7) is 3.23. The van der Waals surface area contributed by atoms with Crippen LogP contribution in [0, 0.1) is 0 Å². The van der Waals surface area contributed by atoms with E-state index in [9.17, 15) is 4.79 Å². The summed E-state index contributed by atoms with van der Waals surface area (Å²) in [6.07, 6.45) is -0.236. The highest BCUT2D eigenvalue weighted by Gasteiger charge is 2.01. The maximum absolute atomic E-state index is 10.2. The average molecular weight is 102 g/mol. The monoisotopic (exact) mass is 102 g/mol. The van der Waals surface area contributed by atoms with Gasteiger partial charge in [-0.05, 0) is 13.8 Å². The zero-order chi connectivity index (χ0) is 5.86. The van der Waals surface area contributed by atoms with Gasteiger partial charge in [-0.15, -0.1) is 0 Å². The minimum atomic E-state index is -0.236. The fourth-order valence-corrected chi connectivity index (χ4v) is 0.166. The molecule has 0 aromatic heterocycles. The van der Waals surface area contributed by atoms with Gasteiger partial charge in [0.15, 0.2) is 5.78 Å². The Hall–Kier alpha value is -0.370. The third-order valence-electron chi connectivity index (χ3n) is 0.926. The van der Waals surface area contributed by atoms with Crippen LogP contribution in [0.25, 0.3) is 0 Å². The van der Waals surface area contributed by atoms with Gasteiger partial charge >= 0.3 is 0 Å². The van der Waals surface area contributed by atoms with E-state index in [1.807, 2.05) is 0 Å². The van der Waals surface area contributed by atoms with Crippen molar-refractivity contribution in [2.24, 2.45) is 0 Å². The van der Waals surface area contributed by atoms with Crippen LogP contribution in [-0.2, 0) is 9.53 Å². The molecule has 0 heterocycles. The van der Waals surface area contributed by atoms with E-state index in [-0.39, 0.29) is 11.9 Å². The smallest absolute Gasteiger partial charge is 0.158 e. The van der Waals surface area contributed by atoms with E-state index in [1.54, 1.807) is 6.92 Å².